The van der Waals surface area contributed by atoms with Gasteiger partial charge in [-0.15, -0.1) is 0 Å². The molecule has 7 amide bonds. The van der Waals surface area contributed by atoms with Crippen LogP contribution in [0, 0.1) is 0 Å². The number of unbranched alkanes of at least 4 members (excludes halogenated alkanes) is 4. The number of aromatic nitrogens is 4. The fourth-order valence-electron chi connectivity index (χ4n) is 10.8. The SMILES string of the molecule is CNC(=O)N1CCc2c(c(C3CCCc4cc(-c5cnn(CCNC(=O)CCCCCCCNc6cccc7c6C(=O)N(C6CCC(=O)NC6=O)C7=O)c5)c(C(F)F)cc43)nn2C2CCOCC2)C1. The number of aryl methyl sites for hydroxylation is 1. The van der Waals surface area contributed by atoms with Crippen molar-refractivity contribution in [3.05, 3.63) is 87.5 Å². The van der Waals surface area contributed by atoms with Crippen LogP contribution < -0.4 is 21.3 Å². The van der Waals surface area contributed by atoms with Gasteiger partial charge >= 0.3 is 6.03 Å². The van der Waals surface area contributed by atoms with Crippen LogP contribution in [0.2, 0.25) is 0 Å². The first-order valence-electron chi connectivity index (χ1n) is 24.5. The molecule has 0 radical (unpaired) electrons. The fourth-order valence-corrected chi connectivity index (χ4v) is 10.8. The average molecular weight is 951 g/mol. The van der Waals surface area contributed by atoms with Gasteiger partial charge in [0, 0.05) is 99.3 Å². The van der Waals surface area contributed by atoms with Gasteiger partial charge in [-0.25, -0.2) is 13.6 Å². The number of fused-ring (bicyclic) bond motifs is 3. The van der Waals surface area contributed by atoms with Crippen molar-refractivity contribution in [1.29, 1.82) is 0 Å². The zero-order chi connectivity index (χ0) is 48.2. The summed E-state index contributed by atoms with van der Waals surface area (Å²) in [5.74, 6) is -2.41. The lowest BCUT2D eigenvalue weighted by Crippen LogP contribution is -2.54. The molecule has 17 nitrogen and oxygen atoms in total. The van der Waals surface area contributed by atoms with Crippen LogP contribution in [0.15, 0.2) is 42.7 Å². The van der Waals surface area contributed by atoms with Gasteiger partial charge in [-0.2, -0.15) is 10.2 Å². The molecule has 19 heteroatoms. The molecule has 0 saturated carbocycles. The third-order valence-corrected chi connectivity index (χ3v) is 14.3. The molecular weight excluding hydrogens is 891 g/mol. The lowest BCUT2D eigenvalue weighted by atomic mass is 9.77. The highest BCUT2D eigenvalue weighted by atomic mass is 19.3. The van der Waals surface area contributed by atoms with Crippen molar-refractivity contribution < 1.29 is 42.3 Å². The van der Waals surface area contributed by atoms with Crippen LogP contribution in [-0.2, 0) is 45.1 Å². The quantitative estimate of drug-likeness (QED) is 0.0701. The van der Waals surface area contributed by atoms with Crippen molar-refractivity contribution in [2.24, 2.45) is 0 Å². The van der Waals surface area contributed by atoms with Crippen LogP contribution in [0.25, 0.3) is 11.1 Å². The number of nitrogens with zero attached hydrogens (tertiary/aromatic N) is 6. The van der Waals surface area contributed by atoms with Crippen LogP contribution >= 0.6 is 0 Å². The standard InChI is InChI=1S/C50H60F2N10O7/c1-53-50(68)59-21-16-40-38(29-59)45(58-62(40)32-17-23-69-24-18-32)33-10-7-9-30-25-35(37(46(51)52)26-36(30)33)31-27-56-60(28-31)22-20-55-42(63)13-5-3-2-4-6-19-54-39-12-8-11-34-44(39)49(67)61(48(34)66)41-14-15-43(64)57-47(41)65/h8,11-12,25-28,32-33,41,46,54H,2-7,9-10,13-24,29H2,1H3,(H,53,68)(H,55,63)(H,57,64,65). The zero-order valence-electron chi connectivity index (χ0n) is 39.0. The molecule has 9 rings (SSSR count). The van der Waals surface area contributed by atoms with E-state index in [4.69, 9.17) is 9.84 Å². The largest absolute Gasteiger partial charge is 0.384 e. The first-order chi connectivity index (χ1) is 33.5. The number of hydrogen-bond acceptors (Lipinski definition) is 10. The maximum atomic E-state index is 15.0. The minimum atomic E-state index is -2.72. The lowest BCUT2D eigenvalue weighted by molar-refractivity contribution is -0.136. The molecule has 4 aromatic rings. The minimum absolute atomic E-state index is 0.0527. The van der Waals surface area contributed by atoms with E-state index in [2.05, 4.69) is 31.0 Å². The number of benzene rings is 2. The van der Waals surface area contributed by atoms with Crippen molar-refractivity contribution in [2.45, 2.75) is 127 Å². The van der Waals surface area contributed by atoms with Crippen LogP contribution in [0.4, 0.5) is 19.3 Å². The molecule has 4 aliphatic heterocycles. The smallest absolute Gasteiger partial charge is 0.317 e. The summed E-state index contributed by atoms with van der Waals surface area (Å²) in [5.41, 5.74) is 6.92. The number of anilines is 1. The highest BCUT2D eigenvalue weighted by Crippen LogP contribution is 2.45. The van der Waals surface area contributed by atoms with E-state index < -0.39 is 36.1 Å². The second kappa shape index (κ2) is 21.0. The Hall–Kier alpha value is -6.50. The maximum absolute atomic E-state index is 15.0. The van der Waals surface area contributed by atoms with Crippen LogP contribution in [0.5, 0.6) is 0 Å². The van der Waals surface area contributed by atoms with E-state index in [1.165, 1.54) is 0 Å². The number of carbonyl (C=O) groups is 6. The van der Waals surface area contributed by atoms with Crippen molar-refractivity contribution in [3.63, 3.8) is 0 Å². The topological polar surface area (TPSA) is 202 Å². The molecule has 2 aromatic heterocycles. The summed E-state index contributed by atoms with van der Waals surface area (Å²) in [4.78, 5) is 78.7. The summed E-state index contributed by atoms with van der Waals surface area (Å²) >= 11 is 0. The fraction of sp³-hybridized carbons (Fsp3) is 0.520. The maximum Gasteiger partial charge on any atom is 0.317 e. The summed E-state index contributed by atoms with van der Waals surface area (Å²) < 4.78 is 39.5. The Morgan fingerprint density at radius 2 is 1.74 bits per heavy atom. The van der Waals surface area contributed by atoms with Gasteiger partial charge in [0.15, 0.2) is 0 Å². The first-order valence-corrected chi connectivity index (χ1v) is 24.5. The molecule has 2 saturated heterocycles. The van der Waals surface area contributed by atoms with E-state index in [0.717, 1.165) is 90.8 Å². The Morgan fingerprint density at radius 1 is 0.928 bits per heavy atom. The summed E-state index contributed by atoms with van der Waals surface area (Å²) in [6, 6.07) is 7.60. The Balaban J connectivity index is 0.745. The molecule has 0 spiro atoms. The number of ether oxygens (including phenoxy) is 1. The lowest BCUT2D eigenvalue weighted by Gasteiger charge is -2.31. The Bertz CT molecular complexity index is 2620. The van der Waals surface area contributed by atoms with Gasteiger partial charge in [0.2, 0.25) is 17.7 Å². The molecule has 1 aliphatic carbocycles. The van der Waals surface area contributed by atoms with Gasteiger partial charge in [0.05, 0.1) is 42.1 Å². The highest BCUT2D eigenvalue weighted by Gasteiger charge is 2.46. The van der Waals surface area contributed by atoms with E-state index in [0.29, 0.717) is 82.0 Å². The molecule has 2 aromatic carbocycles. The number of hydrogen-bond donors (Lipinski definition) is 4. The summed E-state index contributed by atoms with van der Waals surface area (Å²) in [5, 5.41) is 20.9. The summed E-state index contributed by atoms with van der Waals surface area (Å²) in [6.07, 6.45) is 10.1. The molecule has 69 heavy (non-hydrogen) atoms. The number of halogens is 2. The minimum Gasteiger partial charge on any atom is -0.384 e. The second-order valence-corrected chi connectivity index (χ2v) is 18.7. The second-order valence-electron chi connectivity index (χ2n) is 18.7. The van der Waals surface area contributed by atoms with Gasteiger partial charge < -0.3 is 25.6 Å². The number of carbonyl (C=O) groups excluding carboxylic acids is 6. The zero-order valence-corrected chi connectivity index (χ0v) is 39.0. The number of alkyl halides is 2. The third-order valence-electron chi connectivity index (χ3n) is 14.3. The van der Waals surface area contributed by atoms with E-state index in [1.807, 2.05) is 6.07 Å². The Labute approximate surface area is 399 Å². The number of nitrogens with one attached hydrogen (secondary N) is 4. The number of amides is 7. The van der Waals surface area contributed by atoms with E-state index >= 15 is 8.78 Å². The van der Waals surface area contributed by atoms with Gasteiger partial charge in [-0.1, -0.05) is 31.4 Å². The monoisotopic (exact) mass is 950 g/mol. The van der Waals surface area contributed by atoms with Crippen molar-refractivity contribution in [1.82, 2.24) is 45.3 Å². The van der Waals surface area contributed by atoms with Gasteiger partial charge in [0.25, 0.3) is 18.2 Å². The Morgan fingerprint density at radius 3 is 2.54 bits per heavy atom. The molecule has 4 N–H and O–H groups in total. The predicted molar refractivity (Wildman–Crippen MR) is 250 cm³/mol. The predicted octanol–water partition coefficient (Wildman–Crippen LogP) is 6.17. The van der Waals surface area contributed by atoms with Crippen LogP contribution in [0.1, 0.15) is 150 Å². The molecule has 2 fully saturated rings. The molecular formula is C50H60F2N10O7. The van der Waals surface area contributed by atoms with Gasteiger partial charge in [-0.05, 0) is 86.3 Å². The normalized spacial score (nSPS) is 19.4. The van der Waals surface area contributed by atoms with Gasteiger partial charge in [0.1, 0.15) is 6.04 Å². The van der Waals surface area contributed by atoms with Crippen molar-refractivity contribution in [3.8, 4) is 11.1 Å². The van der Waals surface area contributed by atoms with Crippen molar-refractivity contribution >= 4 is 41.3 Å². The highest BCUT2D eigenvalue weighted by molar-refractivity contribution is 6.25. The van der Waals surface area contributed by atoms with E-state index in [-0.39, 0.29) is 53.4 Å². The van der Waals surface area contributed by atoms with Crippen molar-refractivity contribution in [2.75, 3.05) is 45.2 Å². The number of imide groups is 2. The molecule has 2 atom stereocenters. The summed E-state index contributed by atoms with van der Waals surface area (Å²) in [7, 11) is 1.63. The molecule has 366 valence electrons. The number of piperidine rings is 1. The third kappa shape index (κ3) is 10.0. The first kappa shape index (κ1) is 47.6. The Kier molecular flexibility index (Phi) is 14.5. The molecule has 5 aliphatic rings. The molecule has 6 heterocycles. The summed E-state index contributed by atoms with van der Waals surface area (Å²) in [6.45, 7) is 3.62. The van der Waals surface area contributed by atoms with Crippen LogP contribution in [-0.4, -0.2) is 111 Å². The number of urea groups is 1. The average Bonchev–Trinajstić information content (AvgIpc) is 4.06. The van der Waals surface area contributed by atoms with Gasteiger partial charge in [-0.3, -0.25) is 43.6 Å². The van der Waals surface area contributed by atoms with E-state index in [1.54, 1.807) is 53.3 Å². The number of rotatable bonds is 17. The molecule has 0 bridgehead atoms. The van der Waals surface area contributed by atoms with E-state index in [9.17, 15) is 28.8 Å². The van der Waals surface area contributed by atoms with Crippen LogP contribution in [0.3, 0.4) is 0 Å². The molecule has 2 unspecified atom stereocenters.